The lowest BCUT2D eigenvalue weighted by Gasteiger charge is -2.27. The number of carbonyl (C=O) groups is 1. The highest BCUT2D eigenvalue weighted by Gasteiger charge is 2.32. The molecular formula is C19H21NO3. The van der Waals surface area contributed by atoms with Gasteiger partial charge in [0.15, 0.2) is 0 Å². The van der Waals surface area contributed by atoms with Crippen LogP contribution in [0, 0.1) is 0 Å². The Morgan fingerprint density at radius 2 is 1.70 bits per heavy atom. The summed E-state index contributed by atoms with van der Waals surface area (Å²) in [7, 11) is 0. The van der Waals surface area contributed by atoms with Crippen LogP contribution in [-0.4, -0.2) is 23.7 Å². The average molecular weight is 311 g/mol. The van der Waals surface area contributed by atoms with Crippen molar-refractivity contribution < 1.29 is 14.6 Å². The number of rotatable bonds is 5. The van der Waals surface area contributed by atoms with Gasteiger partial charge >= 0.3 is 0 Å². The van der Waals surface area contributed by atoms with E-state index >= 15 is 0 Å². The molecule has 0 aromatic heterocycles. The maximum Gasteiger partial charge on any atom is 0.232 e. The first-order chi connectivity index (χ1) is 11.2. The van der Waals surface area contributed by atoms with Crippen molar-refractivity contribution in [1.82, 2.24) is 5.32 Å². The van der Waals surface area contributed by atoms with Crippen LogP contribution in [0.5, 0.6) is 11.5 Å². The second kappa shape index (κ2) is 6.84. The maximum atomic E-state index is 12.8. The normalized spacial score (nSPS) is 14.3. The number of fused-ring (bicyclic) bond motifs is 2. The highest BCUT2D eigenvalue weighted by Crippen LogP contribution is 2.43. The number of benzene rings is 2. The molecule has 4 heteroatoms. The molecule has 2 aromatic carbocycles. The molecule has 1 amide bonds. The van der Waals surface area contributed by atoms with Crippen LogP contribution in [0.3, 0.4) is 0 Å². The van der Waals surface area contributed by atoms with E-state index in [2.05, 4.69) is 5.32 Å². The molecule has 2 aromatic rings. The zero-order valence-electron chi connectivity index (χ0n) is 13.2. The van der Waals surface area contributed by atoms with Crippen LogP contribution in [0.4, 0.5) is 0 Å². The molecule has 0 radical (unpaired) electrons. The number of aliphatic hydroxyl groups is 1. The van der Waals surface area contributed by atoms with E-state index in [1.807, 2.05) is 55.5 Å². The molecule has 0 aliphatic carbocycles. The van der Waals surface area contributed by atoms with Crippen LogP contribution < -0.4 is 10.1 Å². The molecule has 1 unspecified atom stereocenters. The Morgan fingerprint density at radius 1 is 1.13 bits per heavy atom. The third kappa shape index (κ3) is 3.22. The standard InChI is InChI=1S/C19H21NO3/c1-2-7-13(21)12-20-19(22)18-14-8-3-5-10-16(14)23-17-11-6-4-9-15(17)18/h3-6,8-11,13,18,21H,2,7,12H2,1H3,(H,20,22). The molecule has 1 heterocycles. The maximum absolute atomic E-state index is 12.8. The topological polar surface area (TPSA) is 58.6 Å². The van der Waals surface area contributed by atoms with Gasteiger partial charge in [0.25, 0.3) is 0 Å². The summed E-state index contributed by atoms with van der Waals surface area (Å²) in [4.78, 5) is 12.8. The van der Waals surface area contributed by atoms with Gasteiger partial charge in [-0.2, -0.15) is 0 Å². The van der Waals surface area contributed by atoms with E-state index in [1.165, 1.54) is 0 Å². The molecule has 23 heavy (non-hydrogen) atoms. The van der Waals surface area contributed by atoms with Crippen molar-refractivity contribution in [1.29, 1.82) is 0 Å². The number of para-hydroxylation sites is 2. The predicted octanol–water partition coefficient (Wildman–Crippen LogP) is 3.20. The average Bonchev–Trinajstić information content (AvgIpc) is 2.57. The fraction of sp³-hybridized carbons (Fsp3) is 0.316. The fourth-order valence-electron chi connectivity index (χ4n) is 2.95. The van der Waals surface area contributed by atoms with Gasteiger partial charge in [0.2, 0.25) is 5.91 Å². The molecule has 0 saturated carbocycles. The minimum Gasteiger partial charge on any atom is -0.457 e. The fourth-order valence-corrected chi connectivity index (χ4v) is 2.95. The van der Waals surface area contributed by atoms with Gasteiger partial charge in [0, 0.05) is 17.7 Å². The van der Waals surface area contributed by atoms with Crippen LogP contribution in [0.25, 0.3) is 0 Å². The molecule has 2 N–H and O–H groups in total. The van der Waals surface area contributed by atoms with Gasteiger partial charge in [-0.3, -0.25) is 4.79 Å². The number of ether oxygens (including phenoxy) is 1. The van der Waals surface area contributed by atoms with Crippen molar-refractivity contribution in [3.05, 3.63) is 59.7 Å². The van der Waals surface area contributed by atoms with Crippen LogP contribution >= 0.6 is 0 Å². The van der Waals surface area contributed by atoms with Crippen LogP contribution in [0.2, 0.25) is 0 Å². The molecule has 120 valence electrons. The molecule has 0 fully saturated rings. The zero-order valence-corrected chi connectivity index (χ0v) is 13.2. The molecule has 0 bridgehead atoms. The van der Waals surface area contributed by atoms with Gasteiger partial charge in [-0.25, -0.2) is 0 Å². The summed E-state index contributed by atoms with van der Waals surface area (Å²) in [6, 6.07) is 15.2. The van der Waals surface area contributed by atoms with E-state index in [0.717, 1.165) is 17.5 Å². The highest BCUT2D eigenvalue weighted by molar-refractivity contribution is 5.89. The van der Waals surface area contributed by atoms with E-state index in [4.69, 9.17) is 4.74 Å². The Hall–Kier alpha value is -2.33. The summed E-state index contributed by atoms with van der Waals surface area (Å²) in [6.07, 6.45) is 1.07. The van der Waals surface area contributed by atoms with Crippen molar-refractivity contribution in [2.24, 2.45) is 0 Å². The molecular weight excluding hydrogens is 290 g/mol. The summed E-state index contributed by atoms with van der Waals surface area (Å²) in [6.45, 7) is 2.28. The predicted molar refractivity (Wildman–Crippen MR) is 88.7 cm³/mol. The number of hydrogen-bond donors (Lipinski definition) is 2. The molecule has 1 atom stereocenters. The van der Waals surface area contributed by atoms with Gasteiger partial charge in [0.1, 0.15) is 11.5 Å². The number of carbonyl (C=O) groups excluding carboxylic acids is 1. The van der Waals surface area contributed by atoms with E-state index in [1.54, 1.807) is 0 Å². The van der Waals surface area contributed by atoms with E-state index in [-0.39, 0.29) is 12.5 Å². The number of aliphatic hydroxyl groups excluding tert-OH is 1. The van der Waals surface area contributed by atoms with Crippen molar-refractivity contribution in [2.45, 2.75) is 31.8 Å². The first kappa shape index (κ1) is 15.6. The van der Waals surface area contributed by atoms with Crippen LogP contribution in [-0.2, 0) is 4.79 Å². The number of nitrogens with one attached hydrogen (secondary N) is 1. The molecule has 1 aliphatic heterocycles. The van der Waals surface area contributed by atoms with Crippen molar-refractivity contribution in [3.8, 4) is 11.5 Å². The number of hydrogen-bond acceptors (Lipinski definition) is 3. The van der Waals surface area contributed by atoms with Gasteiger partial charge in [-0.05, 0) is 18.6 Å². The zero-order chi connectivity index (χ0) is 16.2. The smallest absolute Gasteiger partial charge is 0.232 e. The minimum absolute atomic E-state index is 0.108. The second-order valence-corrected chi connectivity index (χ2v) is 5.80. The van der Waals surface area contributed by atoms with Crippen LogP contribution in [0.1, 0.15) is 36.8 Å². The van der Waals surface area contributed by atoms with Crippen molar-refractivity contribution >= 4 is 5.91 Å². The third-order valence-electron chi connectivity index (χ3n) is 4.08. The minimum atomic E-state index is -0.505. The summed E-state index contributed by atoms with van der Waals surface area (Å²) >= 11 is 0. The lowest BCUT2D eigenvalue weighted by molar-refractivity contribution is -0.122. The second-order valence-electron chi connectivity index (χ2n) is 5.80. The lowest BCUT2D eigenvalue weighted by atomic mass is 9.87. The first-order valence-electron chi connectivity index (χ1n) is 8.02. The monoisotopic (exact) mass is 311 g/mol. The summed E-state index contributed by atoms with van der Waals surface area (Å²) in [5.41, 5.74) is 1.71. The van der Waals surface area contributed by atoms with Gasteiger partial charge in [-0.15, -0.1) is 0 Å². The highest BCUT2D eigenvalue weighted by atomic mass is 16.5. The SMILES string of the molecule is CCCC(O)CNC(=O)C1c2ccccc2Oc2ccccc21. The molecule has 0 saturated heterocycles. The van der Waals surface area contributed by atoms with Crippen LogP contribution in [0.15, 0.2) is 48.5 Å². The largest absolute Gasteiger partial charge is 0.457 e. The summed E-state index contributed by atoms with van der Waals surface area (Å²) in [5.74, 6) is 0.897. The third-order valence-corrected chi connectivity index (χ3v) is 4.08. The Morgan fingerprint density at radius 3 is 2.26 bits per heavy atom. The quantitative estimate of drug-likeness (QED) is 0.891. The Kier molecular flexibility index (Phi) is 4.63. The van der Waals surface area contributed by atoms with Gasteiger partial charge < -0.3 is 15.2 Å². The molecule has 1 aliphatic rings. The van der Waals surface area contributed by atoms with E-state index in [0.29, 0.717) is 17.9 Å². The molecule has 4 nitrogen and oxygen atoms in total. The van der Waals surface area contributed by atoms with E-state index < -0.39 is 12.0 Å². The van der Waals surface area contributed by atoms with Gasteiger partial charge in [-0.1, -0.05) is 49.7 Å². The number of amides is 1. The molecule has 3 rings (SSSR count). The Balaban J connectivity index is 1.87. The summed E-state index contributed by atoms with van der Waals surface area (Å²) in [5, 5.41) is 12.7. The Bertz CT molecular complexity index is 653. The van der Waals surface area contributed by atoms with Gasteiger partial charge in [0.05, 0.1) is 12.0 Å². The summed E-state index contributed by atoms with van der Waals surface area (Å²) < 4.78 is 5.89. The van der Waals surface area contributed by atoms with Crippen molar-refractivity contribution in [3.63, 3.8) is 0 Å². The van der Waals surface area contributed by atoms with E-state index in [9.17, 15) is 9.90 Å². The lowest BCUT2D eigenvalue weighted by Crippen LogP contribution is -2.36. The van der Waals surface area contributed by atoms with Crippen molar-refractivity contribution in [2.75, 3.05) is 6.54 Å². The first-order valence-corrected chi connectivity index (χ1v) is 8.02. The Labute approximate surface area is 136 Å². The molecule has 0 spiro atoms.